The van der Waals surface area contributed by atoms with Crippen molar-refractivity contribution in [2.45, 2.75) is 0 Å². The van der Waals surface area contributed by atoms with Gasteiger partial charge in [-0.05, 0) is 36.4 Å². The lowest BCUT2D eigenvalue weighted by Crippen LogP contribution is -2.51. The summed E-state index contributed by atoms with van der Waals surface area (Å²) < 4.78 is 10.1. The Balaban J connectivity index is 1.37. The van der Waals surface area contributed by atoms with E-state index in [1.54, 1.807) is 18.1 Å². The van der Waals surface area contributed by atoms with Crippen molar-refractivity contribution in [1.29, 1.82) is 0 Å². The second kappa shape index (κ2) is 9.63. The third-order valence-corrected chi connectivity index (χ3v) is 4.66. The maximum absolute atomic E-state index is 12.3. The van der Waals surface area contributed by atoms with Crippen LogP contribution in [0, 0.1) is 0 Å². The molecule has 3 rings (SSSR count). The Morgan fingerprint density at radius 2 is 1.72 bits per heavy atom. The average Bonchev–Trinajstić information content (AvgIpc) is 3.31. The van der Waals surface area contributed by atoms with E-state index in [1.807, 2.05) is 24.3 Å². The molecule has 0 bridgehead atoms. The summed E-state index contributed by atoms with van der Waals surface area (Å²) in [5, 5.41) is 4.97. The van der Waals surface area contributed by atoms with Crippen molar-refractivity contribution in [2.75, 3.05) is 51.3 Å². The van der Waals surface area contributed by atoms with E-state index in [-0.39, 0.29) is 24.8 Å². The van der Waals surface area contributed by atoms with Crippen molar-refractivity contribution >= 4 is 23.4 Å². The number of carbonyl (C=O) groups excluding carboxylic acids is 3. The smallest absolute Gasteiger partial charge is 0.287 e. The zero-order valence-corrected chi connectivity index (χ0v) is 16.2. The van der Waals surface area contributed by atoms with Crippen LogP contribution in [-0.4, -0.2) is 69.0 Å². The molecule has 3 amide bonds. The number of carbonyl (C=O) groups is 3. The van der Waals surface area contributed by atoms with E-state index in [0.717, 1.165) is 11.4 Å². The summed E-state index contributed by atoms with van der Waals surface area (Å²) >= 11 is 0. The van der Waals surface area contributed by atoms with Crippen molar-refractivity contribution in [3.05, 3.63) is 48.4 Å². The van der Waals surface area contributed by atoms with Crippen LogP contribution in [0.4, 0.5) is 5.69 Å². The first kappa shape index (κ1) is 20.2. The van der Waals surface area contributed by atoms with Crippen LogP contribution in [0.25, 0.3) is 0 Å². The fourth-order valence-electron chi connectivity index (χ4n) is 3.01. The maximum Gasteiger partial charge on any atom is 0.287 e. The summed E-state index contributed by atoms with van der Waals surface area (Å²) in [7, 11) is 1.63. The van der Waals surface area contributed by atoms with E-state index < -0.39 is 11.8 Å². The molecule has 9 nitrogen and oxygen atoms in total. The number of nitrogens with zero attached hydrogens (tertiary/aromatic N) is 2. The largest absolute Gasteiger partial charge is 0.497 e. The Bertz CT molecular complexity index is 827. The topological polar surface area (TPSA) is 104 Å². The highest BCUT2D eigenvalue weighted by Gasteiger charge is 2.21. The number of furan rings is 1. The number of nitrogens with one attached hydrogen (secondary N) is 2. The number of rotatable bonds is 7. The number of piperazine rings is 1. The predicted molar refractivity (Wildman–Crippen MR) is 106 cm³/mol. The second-order valence-electron chi connectivity index (χ2n) is 6.50. The van der Waals surface area contributed by atoms with Gasteiger partial charge in [0, 0.05) is 31.9 Å². The molecule has 0 aliphatic carbocycles. The summed E-state index contributed by atoms with van der Waals surface area (Å²) in [6.07, 6.45) is 1.38. The zero-order valence-electron chi connectivity index (χ0n) is 16.2. The zero-order chi connectivity index (χ0) is 20.6. The normalized spacial score (nSPS) is 13.7. The molecule has 1 aliphatic rings. The van der Waals surface area contributed by atoms with Gasteiger partial charge < -0.3 is 29.6 Å². The Hall–Kier alpha value is -3.49. The molecule has 0 atom stereocenters. The van der Waals surface area contributed by atoms with Gasteiger partial charge in [-0.3, -0.25) is 14.4 Å². The first-order valence-electron chi connectivity index (χ1n) is 9.32. The fourth-order valence-corrected chi connectivity index (χ4v) is 3.01. The van der Waals surface area contributed by atoms with Crippen molar-refractivity contribution in [3.63, 3.8) is 0 Å². The van der Waals surface area contributed by atoms with Crippen molar-refractivity contribution in [3.8, 4) is 5.75 Å². The average molecular weight is 400 g/mol. The maximum atomic E-state index is 12.3. The number of amides is 3. The van der Waals surface area contributed by atoms with Crippen LogP contribution in [0.3, 0.4) is 0 Å². The van der Waals surface area contributed by atoms with Gasteiger partial charge in [0.05, 0.1) is 26.5 Å². The van der Waals surface area contributed by atoms with Gasteiger partial charge in [0.15, 0.2) is 5.76 Å². The van der Waals surface area contributed by atoms with Crippen LogP contribution in [-0.2, 0) is 9.59 Å². The summed E-state index contributed by atoms with van der Waals surface area (Å²) in [6, 6.07) is 10.9. The third kappa shape index (κ3) is 5.50. The Morgan fingerprint density at radius 3 is 2.34 bits per heavy atom. The monoisotopic (exact) mass is 400 g/mol. The second-order valence-corrected chi connectivity index (χ2v) is 6.50. The molecule has 0 saturated carbocycles. The molecular formula is C20H24N4O5. The predicted octanol–water partition coefficient (Wildman–Crippen LogP) is 0.483. The van der Waals surface area contributed by atoms with Gasteiger partial charge in [0.1, 0.15) is 5.75 Å². The molecule has 2 N–H and O–H groups in total. The van der Waals surface area contributed by atoms with Gasteiger partial charge in [-0.25, -0.2) is 0 Å². The molecule has 2 heterocycles. The van der Waals surface area contributed by atoms with E-state index >= 15 is 0 Å². The molecule has 1 aliphatic heterocycles. The van der Waals surface area contributed by atoms with Gasteiger partial charge in [-0.2, -0.15) is 0 Å². The minimum atomic E-state index is -0.480. The number of methoxy groups -OCH3 is 1. The minimum Gasteiger partial charge on any atom is -0.497 e. The Morgan fingerprint density at radius 1 is 1.00 bits per heavy atom. The molecule has 1 fully saturated rings. The van der Waals surface area contributed by atoms with Gasteiger partial charge in [-0.1, -0.05) is 0 Å². The summed E-state index contributed by atoms with van der Waals surface area (Å²) in [6.45, 7) is 2.26. The van der Waals surface area contributed by atoms with Crippen LogP contribution < -0.4 is 20.3 Å². The quantitative estimate of drug-likeness (QED) is 0.701. The first-order valence-corrected chi connectivity index (χ1v) is 9.32. The minimum absolute atomic E-state index is 0.0992. The van der Waals surface area contributed by atoms with Gasteiger partial charge in [0.2, 0.25) is 11.8 Å². The summed E-state index contributed by atoms with van der Waals surface area (Å²) in [5.74, 6) is -0.131. The molecular weight excluding hydrogens is 376 g/mol. The number of benzene rings is 1. The molecule has 0 spiro atoms. The number of hydrogen-bond donors (Lipinski definition) is 2. The Kier molecular flexibility index (Phi) is 6.72. The molecule has 29 heavy (non-hydrogen) atoms. The SMILES string of the molecule is COc1ccc(N2CCN(C(=O)CNC(=O)CNC(=O)c3ccco3)CC2)cc1. The van der Waals surface area contributed by atoms with E-state index in [2.05, 4.69) is 15.5 Å². The molecule has 2 aromatic rings. The summed E-state index contributed by atoms with van der Waals surface area (Å²) in [4.78, 5) is 39.8. The highest BCUT2D eigenvalue weighted by atomic mass is 16.5. The summed E-state index contributed by atoms with van der Waals surface area (Å²) in [5.41, 5.74) is 1.08. The highest BCUT2D eigenvalue weighted by molar-refractivity contribution is 5.94. The van der Waals surface area contributed by atoms with Gasteiger partial charge in [-0.15, -0.1) is 0 Å². The first-order chi connectivity index (χ1) is 14.1. The lowest BCUT2D eigenvalue weighted by molar-refractivity contribution is -0.132. The van der Waals surface area contributed by atoms with Gasteiger partial charge >= 0.3 is 0 Å². The van der Waals surface area contributed by atoms with E-state index in [0.29, 0.717) is 26.2 Å². The molecule has 1 saturated heterocycles. The van der Waals surface area contributed by atoms with E-state index in [9.17, 15) is 14.4 Å². The Labute approximate surface area is 168 Å². The van der Waals surface area contributed by atoms with Crippen LogP contribution in [0.15, 0.2) is 47.1 Å². The van der Waals surface area contributed by atoms with Crippen LogP contribution in [0.1, 0.15) is 10.6 Å². The molecule has 0 radical (unpaired) electrons. The van der Waals surface area contributed by atoms with Crippen LogP contribution in [0.2, 0.25) is 0 Å². The standard InChI is InChI=1S/C20H24N4O5/c1-28-16-6-4-15(5-7-16)23-8-10-24(11-9-23)19(26)14-21-18(25)13-22-20(27)17-3-2-12-29-17/h2-7,12H,8-11,13-14H2,1H3,(H,21,25)(H,22,27). The van der Waals surface area contributed by atoms with Gasteiger partial charge in [0.25, 0.3) is 5.91 Å². The van der Waals surface area contributed by atoms with Crippen LogP contribution in [0.5, 0.6) is 5.75 Å². The lowest BCUT2D eigenvalue weighted by Gasteiger charge is -2.36. The van der Waals surface area contributed by atoms with E-state index in [4.69, 9.17) is 9.15 Å². The van der Waals surface area contributed by atoms with Crippen LogP contribution >= 0.6 is 0 Å². The third-order valence-electron chi connectivity index (χ3n) is 4.66. The van der Waals surface area contributed by atoms with Crippen molar-refractivity contribution in [1.82, 2.24) is 15.5 Å². The molecule has 154 valence electrons. The highest BCUT2D eigenvalue weighted by Crippen LogP contribution is 2.20. The van der Waals surface area contributed by atoms with Crippen molar-refractivity contribution < 1.29 is 23.5 Å². The number of hydrogen-bond acceptors (Lipinski definition) is 6. The van der Waals surface area contributed by atoms with E-state index in [1.165, 1.54) is 12.3 Å². The fraction of sp³-hybridized carbons (Fsp3) is 0.350. The molecule has 9 heteroatoms. The molecule has 1 aromatic heterocycles. The number of ether oxygens (including phenoxy) is 1. The van der Waals surface area contributed by atoms with Crippen molar-refractivity contribution in [2.24, 2.45) is 0 Å². The molecule has 0 unspecified atom stereocenters. The lowest BCUT2D eigenvalue weighted by atomic mass is 10.2. The molecule has 1 aromatic carbocycles. The number of anilines is 1.